The Kier molecular flexibility index (Phi) is 3.37. The van der Waals surface area contributed by atoms with Crippen LogP contribution in [0.3, 0.4) is 0 Å². The lowest BCUT2D eigenvalue weighted by Gasteiger charge is -2.19. The molecule has 2 unspecified atom stereocenters. The number of fused-ring (bicyclic) bond motifs is 1. The van der Waals surface area contributed by atoms with Gasteiger partial charge in [0.25, 0.3) is 0 Å². The van der Waals surface area contributed by atoms with E-state index in [0.29, 0.717) is 5.92 Å². The van der Waals surface area contributed by atoms with E-state index in [-0.39, 0.29) is 5.54 Å². The standard InChI is InChI=1S/C15H25N3O/c1-15(2,3)16-6-4-5-13-17-18-14(19-13)12-8-10-7-11(10)9-12/h10-12,16H,4-9H2,1-3H3. The third-order valence-electron chi connectivity index (χ3n) is 4.30. The molecule has 0 aromatic carbocycles. The van der Waals surface area contributed by atoms with E-state index < -0.39 is 0 Å². The minimum Gasteiger partial charge on any atom is -0.425 e. The molecule has 106 valence electrons. The lowest BCUT2D eigenvalue weighted by Crippen LogP contribution is -2.36. The van der Waals surface area contributed by atoms with Gasteiger partial charge >= 0.3 is 0 Å². The van der Waals surface area contributed by atoms with Crippen molar-refractivity contribution in [1.82, 2.24) is 15.5 Å². The molecule has 4 heteroatoms. The van der Waals surface area contributed by atoms with Crippen molar-refractivity contribution in [2.24, 2.45) is 11.8 Å². The predicted octanol–water partition coefficient (Wildman–Crippen LogP) is 2.90. The zero-order chi connectivity index (χ0) is 13.5. The Morgan fingerprint density at radius 1 is 1.16 bits per heavy atom. The van der Waals surface area contributed by atoms with Crippen LogP contribution in [-0.2, 0) is 6.42 Å². The molecular formula is C15H25N3O. The topological polar surface area (TPSA) is 51.0 Å². The van der Waals surface area contributed by atoms with Crippen molar-refractivity contribution in [2.75, 3.05) is 6.54 Å². The van der Waals surface area contributed by atoms with E-state index >= 15 is 0 Å². The van der Waals surface area contributed by atoms with Crippen LogP contribution in [-0.4, -0.2) is 22.3 Å². The fourth-order valence-corrected chi connectivity index (χ4v) is 3.15. The highest BCUT2D eigenvalue weighted by molar-refractivity contribution is 5.06. The molecule has 2 saturated carbocycles. The van der Waals surface area contributed by atoms with E-state index in [1.165, 1.54) is 19.3 Å². The molecule has 2 atom stereocenters. The highest BCUT2D eigenvalue weighted by Crippen LogP contribution is 2.57. The maximum atomic E-state index is 5.82. The van der Waals surface area contributed by atoms with Crippen molar-refractivity contribution in [3.8, 4) is 0 Å². The molecule has 0 saturated heterocycles. The molecule has 0 spiro atoms. The average Bonchev–Trinajstić information content (AvgIpc) is 2.79. The van der Waals surface area contributed by atoms with Gasteiger partial charge in [-0.05, 0) is 64.8 Å². The van der Waals surface area contributed by atoms with Crippen molar-refractivity contribution in [2.45, 2.75) is 64.3 Å². The zero-order valence-corrected chi connectivity index (χ0v) is 12.3. The number of hydrogen-bond donors (Lipinski definition) is 1. The zero-order valence-electron chi connectivity index (χ0n) is 12.3. The Morgan fingerprint density at radius 3 is 2.58 bits per heavy atom. The second-order valence-corrected chi connectivity index (χ2v) is 7.24. The molecule has 0 radical (unpaired) electrons. The van der Waals surface area contributed by atoms with Crippen molar-refractivity contribution in [3.63, 3.8) is 0 Å². The van der Waals surface area contributed by atoms with Crippen molar-refractivity contribution < 1.29 is 4.42 Å². The van der Waals surface area contributed by atoms with Gasteiger partial charge in [0.15, 0.2) is 0 Å². The molecular weight excluding hydrogens is 238 g/mol. The van der Waals surface area contributed by atoms with Gasteiger partial charge in [-0.3, -0.25) is 0 Å². The summed E-state index contributed by atoms with van der Waals surface area (Å²) in [6.45, 7) is 7.55. The van der Waals surface area contributed by atoms with Gasteiger partial charge in [-0.15, -0.1) is 10.2 Å². The fourth-order valence-electron chi connectivity index (χ4n) is 3.15. The lowest BCUT2D eigenvalue weighted by molar-refractivity contribution is 0.387. The maximum absolute atomic E-state index is 5.82. The van der Waals surface area contributed by atoms with Crippen LogP contribution in [0.4, 0.5) is 0 Å². The van der Waals surface area contributed by atoms with Gasteiger partial charge in [-0.2, -0.15) is 0 Å². The largest absolute Gasteiger partial charge is 0.425 e. The average molecular weight is 263 g/mol. The summed E-state index contributed by atoms with van der Waals surface area (Å²) in [5.74, 6) is 4.20. The van der Waals surface area contributed by atoms with Gasteiger partial charge in [0.05, 0.1) is 0 Å². The number of hydrogen-bond acceptors (Lipinski definition) is 4. The van der Waals surface area contributed by atoms with E-state index in [0.717, 1.165) is 43.0 Å². The number of aryl methyl sites for hydroxylation is 1. The monoisotopic (exact) mass is 263 g/mol. The third-order valence-corrected chi connectivity index (χ3v) is 4.30. The maximum Gasteiger partial charge on any atom is 0.219 e. The smallest absolute Gasteiger partial charge is 0.219 e. The predicted molar refractivity (Wildman–Crippen MR) is 73.9 cm³/mol. The highest BCUT2D eigenvalue weighted by Gasteiger charge is 2.47. The van der Waals surface area contributed by atoms with Gasteiger partial charge in [-0.25, -0.2) is 0 Å². The van der Waals surface area contributed by atoms with Crippen molar-refractivity contribution in [1.29, 1.82) is 0 Å². The third kappa shape index (κ3) is 3.35. The summed E-state index contributed by atoms with van der Waals surface area (Å²) in [5, 5.41) is 11.9. The summed E-state index contributed by atoms with van der Waals surface area (Å²) < 4.78 is 5.82. The summed E-state index contributed by atoms with van der Waals surface area (Å²) in [6.07, 6.45) is 5.93. The van der Waals surface area contributed by atoms with Crippen molar-refractivity contribution in [3.05, 3.63) is 11.8 Å². The Labute approximate surface area is 115 Å². The molecule has 1 aromatic rings. The molecule has 2 aliphatic carbocycles. The lowest BCUT2D eigenvalue weighted by atomic mass is 10.0. The SMILES string of the molecule is CC(C)(C)NCCCc1nnc(C2CC3CC3C2)o1. The van der Waals surface area contributed by atoms with Crippen LogP contribution in [0.1, 0.15) is 64.2 Å². The molecule has 1 N–H and O–H groups in total. The molecule has 2 aliphatic rings. The first-order chi connectivity index (χ1) is 9.01. The van der Waals surface area contributed by atoms with E-state index in [9.17, 15) is 0 Å². The van der Waals surface area contributed by atoms with Crippen LogP contribution in [0, 0.1) is 11.8 Å². The first kappa shape index (κ1) is 13.1. The Balaban J connectivity index is 1.43. The van der Waals surface area contributed by atoms with Gasteiger partial charge in [0.1, 0.15) is 0 Å². The first-order valence-electron chi connectivity index (χ1n) is 7.58. The summed E-state index contributed by atoms with van der Waals surface area (Å²) in [6, 6.07) is 0. The fraction of sp³-hybridized carbons (Fsp3) is 0.867. The molecule has 0 aliphatic heterocycles. The van der Waals surface area contributed by atoms with Gasteiger partial charge < -0.3 is 9.73 Å². The molecule has 3 rings (SSSR count). The molecule has 1 aromatic heterocycles. The Bertz CT molecular complexity index is 425. The van der Waals surface area contributed by atoms with E-state index in [4.69, 9.17) is 4.42 Å². The first-order valence-corrected chi connectivity index (χ1v) is 7.58. The van der Waals surface area contributed by atoms with E-state index in [1.54, 1.807) is 0 Å². The normalized spacial score (nSPS) is 29.5. The second kappa shape index (κ2) is 4.89. The minimum absolute atomic E-state index is 0.185. The Morgan fingerprint density at radius 2 is 1.89 bits per heavy atom. The van der Waals surface area contributed by atoms with Gasteiger partial charge in [-0.1, -0.05) is 0 Å². The van der Waals surface area contributed by atoms with Crippen LogP contribution in [0.15, 0.2) is 4.42 Å². The van der Waals surface area contributed by atoms with Gasteiger partial charge in [0, 0.05) is 17.9 Å². The Hall–Kier alpha value is -0.900. The second-order valence-electron chi connectivity index (χ2n) is 7.24. The molecule has 4 nitrogen and oxygen atoms in total. The number of aromatic nitrogens is 2. The summed E-state index contributed by atoms with van der Waals surface area (Å²) >= 11 is 0. The van der Waals surface area contributed by atoms with Gasteiger partial charge in [0.2, 0.25) is 11.8 Å². The quantitative estimate of drug-likeness (QED) is 0.830. The molecule has 2 fully saturated rings. The van der Waals surface area contributed by atoms with Crippen LogP contribution >= 0.6 is 0 Å². The molecule has 0 bridgehead atoms. The van der Waals surface area contributed by atoms with Crippen LogP contribution in [0.25, 0.3) is 0 Å². The molecule has 1 heterocycles. The van der Waals surface area contributed by atoms with E-state index in [1.807, 2.05) is 0 Å². The number of nitrogens with zero attached hydrogens (tertiary/aromatic N) is 2. The van der Waals surface area contributed by atoms with Crippen LogP contribution < -0.4 is 5.32 Å². The van der Waals surface area contributed by atoms with E-state index in [2.05, 4.69) is 36.3 Å². The highest BCUT2D eigenvalue weighted by atomic mass is 16.4. The number of nitrogens with one attached hydrogen (secondary N) is 1. The minimum atomic E-state index is 0.185. The number of rotatable bonds is 5. The summed E-state index contributed by atoms with van der Waals surface area (Å²) in [5.41, 5.74) is 0.185. The summed E-state index contributed by atoms with van der Waals surface area (Å²) in [4.78, 5) is 0. The molecule has 0 amide bonds. The molecule has 19 heavy (non-hydrogen) atoms. The van der Waals surface area contributed by atoms with Crippen LogP contribution in [0.5, 0.6) is 0 Å². The van der Waals surface area contributed by atoms with Crippen molar-refractivity contribution >= 4 is 0 Å². The summed E-state index contributed by atoms with van der Waals surface area (Å²) in [7, 11) is 0. The van der Waals surface area contributed by atoms with Crippen LogP contribution in [0.2, 0.25) is 0 Å².